The highest BCUT2D eigenvalue weighted by atomic mass is 16.2. The van der Waals surface area contributed by atoms with Gasteiger partial charge in [0.1, 0.15) is 0 Å². The first kappa shape index (κ1) is 13.6. The van der Waals surface area contributed by atoms with E-state index in [1.807, 2.05) is 23.1 Å². The lowest BCUT2D eigenvalue weighted by atomic mass is 9.89. The molecule has 1 aromatic heterocycles. The van der Waals surface area contributed by atoms with E-state index in [-0.39, 0.29) is 11.4 Å². The standard InChI is InChI=1S/C16H23N3O/c1-16(9-3-5-11-18-16)15(20)19(14-7-8-14)12-13-6-2-4-10-17-13/h2,4,6,10,14,18H,3,5,7-9,11-12H2,1H3. The van der Waals surface area contributed by atoms with Crippen LogP contribution in [0.25, 0.3) is 0 Å². The minimum absolute atomic E-state index is 0.255. The van der Waals surface area contributed by atoms with Gasteiger partial charge in [-0.15, -0.1) is 0 Å². The van der Waals surface area contributed by atoms with Crippen LogP contribution in [0, 0.1) is 0 Å². The molecule has 0 aromatic carbocycles. The predicted octanol–water partition coefficient (Wildman–Crippen LogP) is 2.10. The number of piperidine rings is 1. The summed E-state index contributed by atoms with van der Waals surface area (Å²) in [5, 5.41) is 3.43. The van der Waals surface area contributed by atoms with Gasteiger partial charge in [-0.25, -0.2) is 0 Å². The van der Waals surface area contributed by atoms with Crippen LogP contribution in [0.4, 0.5) is 0 Å². The first-order valence-electron chi connectivity index (χ1n) is 7.65. The minimum atomic E-state index is -0.379. The Morgan fingerprint density at radius 3 is 2.90 bits per heavy atom. The van der Waals surface area contributed by atoms with E-state index in [0.29, 0.717) is 12.6 Å². The van der Waals surface area contributed by atoms with Crippen molar-refractivity contribution in [3.63, 3.8) is 0 Å². The summed E-state index contributed by atoms with van der Waals surface area (Å²) >= 11 is 0. The third-order valence-electron chi connectivity index (χ3n) is 4.40. The molecule has 0 bridgehead atoms. The van der Waals surface area contributed by atoms with E-state index in [1.165, 1.54) is 6.42 Å². The lowest BCUT2D eigenvalue weighted by Gasteiger charge is -2.38. The molecule has 1 amide bonds. The molecule has 1 N–H and O–H groups in total. The fraction of sp³-hybridized carbons (Fsp3) is 0.625. The lowest BCUT2D eigenvalue weighted by Crippen LogP contribution is -2.58. The third kappa shape index (κ3) is 2.85. The Morgan fingerprint density at radius 2 is 2.30 bits per heavy atom. The highest BCUT2D eigenvalue weighted by molar-refractivity contribution is 5.86. The van der Waals surface area contributed by atoms with Gasteiger partial charge in [-0.3, -0.25) is 9.78 Å². The Bertz CT molecular complexity index is 464. The van der Waals surface area contributed by atoms with Gasteiger partial charge in [0.2, 0.25) is 5.91 Å². The summed E-state index contributed by atoms with van der Waals surface area (Å²) in [4.78, 5) is 19.3. The zero-order chi connectivity index (χ0) is 14.0. The summed E-state index contributed by atoms with van der Waals surface area (Å²) in [6.45, 7) is 3.65. The molecule has 3 rings (SSSR count). The largest absolute Gasteiger partial charge is 0.332 e. The van der Waals surface area contributed by atoms with E-state index in [9.17, 15) is 4.79 Å². The van der Waals surface area contributed by atoms with Crippen molar-refractivity contribution < 1.29 is 4.79 Å². The highest BCUT2D eigenvalue weighted by Crippen LogP contribution is 2.32. The van der Waals surface area contributed by atoms with Crippen LogP contribution in [0.1, 0.15) is 44.7 Å². The molecular formula is C16H23N3O. The predicted molar refractivity (Wildman–Crippen MR) is 78.1 cm³/mol. The molecule has 1 atom stereocenters. The lowest BCUT2D eigenvalue weighted by molar-refractivity contribution is -0.140. The van der Waals surface area contributed by atoms with Crippen LogP contribution < -0.4 is 5.32 Å². The number of rotatable bonds is 4. The van der Waals surface area contributed by atoms with Crippen LogP contribution in [-0.4, -0.2) is 33.9 Å². The number of nitrogens with one attached hydrogen (secondary N) is 1. The third-order valence-corrected chi connectivity index (χ3v) is 4.40. The fourth-order valence-electron chi connectivity index (χ4n) is 2.97. The molecule has 20 heavy (non-hydrogen) atoms. The smallest absolute Gasteiger partial charge is 0.243 e. The normalized spacial score (nSPS) is 26.2. The molecule has 1 unspecified atom stereocenters. The van der Waals surface area contributed by atoms with Crippen LogP contribution in [-0.2, 0) is 11.3 Å². The van der Waals surface area contributed by atoms with Gasteiger partial charge in [0, 0.05) is 12.2 Å². The molecule has 4 nitrogen and oxygen atoms in total. The van der Waals surface area contributed by atoms with Gasteiger partial charge in [-0.1, -0.05) is 6.07 Å². The van der Waals surface area contributed by atoms with Crippen molar-refractivity contribution in [3.05, 3.63) is 30.1 Å². The molecule has 0 radical (unpaired) electrons. The molecular weight excluding hydrogens is 250 g/mol. The monoisotopic (exact) mass is 273 g/mol. The number of pyridine rings is 1. The van der Waals surface area contributed by atoms with E-state index in [4.69, 9.17) is 0 Å². The maximum atomic E-state index is 12.9. The Morgan fingerprint density at radius 1 is 1.45 bits per heavy atom. The summed E-state index contributed by atoms with van der Waals surface area (Å²) in [6, 6.07) is 6.32. The van der Waals surface area contributed by atoms with Gasteiger partial charge < -0.3 is 10.2 Å². The first-order chi connectivity index (χ1) is 9.69. The quantitative estimate of drug-likeness (QED) is 0.914. The second-order valence-electron chi connectivity index (χ2n) is 6.20. The van der Waals surface area contributed by atoms with Crippen molar-refractivity contribution in [1.29, 1.82) is 0 Å². The topological polar surface area (TPSA) is 45.2 Å². The number of aromatic nitrogens is 1. The van der Waals surface area contributed by atoms with Crippen LogP contribution in [0.5, 0.6) is 0 Å². The summed E-state index contributed by atoms with van der Waals surface area (Å²) < 4.78 is 0. The minimum Gasteiger partial charge on any atom is -0.332 e. The van der Waals surface area contributed by atoms with Crippen LogP contribution in [0.3, 0.4) is 0 Å². The van der Waals surface area contributed by atoms with Crippen molar-refractivity contribution in [2.45, 2.75) is 57.2 Å². The van der Waals surface area contributed by atoms with Crippen LogP contribution >= 0.6 is 0 Å². The van der Waals surface area contributed by atoms with Gasteiger partial charge in [0.25, 0.3) is 0 Å². The molecule has 2 aliphatic rings. The van der Waals surface area contributed by atoms with E-state index < -0.39 is 0 Å². The molecule has 2 heterocycles. The molecule has 1 saturated carbocycles. The van der Waals surface area contributed by atoms with Gasteiger partial charge in [-0.2, -0.15) is 0 Å². The number of nitrogens with zero attached hydrogens (tertiary/aromatic N) is 2. The summed E-state index contributed by atoms with van der Waals surface area (Å²) in [5.41, 5.74) is 0.600. The molecule has 1 aliphatic carbocycles. The Kier molecular flexibility index (Phi) is 3.74. The molecule has 2 fully saturated rings. The van der Waals surface area contributed by atoms with E-state index in [1.54, 1.807) is 6.20 Å². The molecule has 1 aromatic rings. The zero-order valence-electron chi connectivity index (χ0n) is 12.1. The van der Waals surface area contributed by atoms with Crippen LogP contribution in [0.15, 0.2) is 24.4 Å². The zero-order valence-corrected chi connectivity index (χ0v) is 12.1. The summed E-state index contributed by atoms with van der Waals surface area (Å²) in [6.07, 6.45) is 7.32. The van der Waals surface area contributed by atoms with Crippen molar-refractivity contribution >= 4 is 5.91 Å². The van der Waals surface area contributed by atoms with Gasteiger partial charge in [-0.05, 0) is 57.7 Å². The second kappa shape index (κ2) is 5.52. The maximum absolute atomic E-state index is 12.9. The van der Waals surface area contributed by atoms with Crippen molar-refractivity contribution in [2.24, 2.45) is 0 Å². The summed E-state index contributed by atoms with van der Waals surface area (Å²) in [5.74, 6) is 0.255. The first-order valence-corrected chi connectivity index (χ1v) is 7.65. The molecule has 4 heteroatoms. The number of carbonyl (C=O) groups excluding carboxylic acids is 1. The highest BCUT2D eigenvalue weighted by Gasteiger charge is 2.42. The number of carbonyl (C=O) groups is 1. The number of amides is 1. The Balaban J connectivity index is 1.75. The fourth-order valence-corrected chi connectivity index (χ4v) is 2.97. The molecule has 1 aliphatic heterocycles. The number of hydrogen-bond acceptors (Lipinski definition) is 3. The van der Waals surface area contributed by atoms with E-state index in [0.717, 1.165) is 37.9 Å². The van der Waals surface area contributed by atoms with Crippen LogP contribution in [0.2, 0.25) is 0 Å². The van der Waals surface area contributed by atoms with E-state index in [2.05, 4.69) is 17.2 Å². The summed E-state index contributed by atoms with van der Waals surface area (Å²) in [7, 11) is 0. The van der Waals surface area contributed by atoms with Crippen molar-refractivity contribution in [3.8, 4) is 0 Å². The van der Waals surface area contributed by atoms with Gasteiger partial charge in [0.05, 0.1) is 17.8 Å². The SMILES string of the molecule is CC1(C(=O)N(Cc2ccccn2)C2CC2)CCCCN1. The van der Waals surface area contributed by atoms with E-state index >= 15 is 0 Å². The average Bonchev–Trinajstić information content (AvgIpc) is 3.30. The number of hydrogen-bond donors (Lipinski definition) is 1. The Labute approximate surface area is 120 Å². The average molecular weight is 273 g/mol. The van der Waals surface area contributed by atoms with Crippen molar-refractivity contribution in [2.75, 3.05) is 6.54 Å². The molecule has 0 spiro atoms. The maximum Gasteiger partial charge on any atom is 0.243 e. The molecule has 1 saturated heterocycles. The van der Waals surface area contributed by atoms with Crippen molar-refractivity contribution in [1.82, 2.24) is 15.2 Å². The van der Waals surface area contributed by atoms with Gasteiger partial charge >= 0.3 is 0 Å². The van der Waals surface area contributed by atoms with Gasteiger partial charge in [0.15, 0.2) is 0 Å². The Hall–Kier alpha value is -1.42. The second-order valence-corrected chi connectivity index (χ2v) is 6.20. The molecule has 108 valence electrons.